The number of nitrogens with one attached hydrogen (secondary N) is 2. The van der Waals surface area contributed by atoms with Crippen LogP contribution in [0.3, 0.4) is 0 Å². The standard InChI is InChI=1S/C15H15ClFN5O/c1-3-9-8(2)19-15-20-14(21-22(15)13(9)23)18-7-10-11(16)5-4-6-12(10)17/h4-6H,3,7H2,1-2H3,(H2,18,19,20,21). The minimum absolute atomic E-state index is 0.139. The summed E-state index contributed by atoms with van der Waals surface area (Å²) in [5, 5.41) is 6.08. The molecular weight excluding hydrogens is 321 g/mol. The number of hydrogen-bond donors (Lipinski definition) is 2. The molecule has 3 rings (SSSR count). The van der Waals surface area contributed by atoms with E-state index in [0.29, 0.717) is 34.2 Å². The van der Waals surface area contributed by atoms with Crippen molar-refractivity contribution in [3.63, 3.8) is 0 Å². The third-order valence-corrected chi connectivity index (χ3v) is 4.00. The van der Waals surface area contributed by atoms with Gasteiger partial charge in [0.2, 0.25) is 5.95 Å². The molecule has 0 unspecified atom stereocenters. The highest BCUT2D eigenvalue weighted by Gasteiger charge is 2.12. The van der Waals surface area contributed by atoms with Gasteiger partial charge in [-0.05, 0) is 25.5 Å². The van der Waals surface area contributed by atoms with E-state index in [0.717, 1.165) is 0 Å². The van der Waals surface area contributed by atoms with Crippen molar-refractivity contribution in [1.82, 2.24) is 19.6 Å². The molecule has 0 spiro atoms. The Morgan fingerprint density at radius 1 is 1.35 bits per heavy atom. The highest BCUT2D eigenvalue weighted by molar-refractivity contribution is 6.31. The lowest BCUT2D eigenvalue weighted by Crippen LogP contribution is -2.21. The van der Waals surface area contributed by atoms with Crippen molar-refractivity contribution in [3.8, 4) is 0 Å². The van der Waals surface area contributed by atoms with Crippen LogP contribution in [0.2, 0.25) is 5.02 Å². The second-order valence-corrected chi connectivity index (χ2v) is 5.50. The van der Waals surface area contributed by atoms with Crippen molar-refractivity contribution in [2.24, 2.45) is 0 Å². The molecule has 0 aliphatic heterocycles. The van der Waals surface area contributed by atoms with E-state index in [2.05, 4.69) is 20.4 Å². The Morgan fingerprint density at radius 3 is 2.83 bits per heavy atom. The van der Waals surface area contributed by atoms with E-state index >= 15 is 0 Å². The fraction of sp³-hybridized carbons (Fsp3) is 0.267. The van der Waals surface area contributed by atoms with Gasteiger partial charge in [0.1, 0.15) is 5.82 Å². The molecule has 23 heavy (non-hydrogen) atoms. The topological polar surface area (TPSA) is 75.1 Å². The summed E-state index contributed by atoms with van der Waals surface area (Å²) in [5.41, 5.74) is 1.45. The normalized spacial score (nSPS) is 11.1. The highest BCUT2D eigenvalue weighted by atomic mass is 35.5. The average Bonchev–Trinajstić information content (AvgIpc) is 2.90. The molecule has 0 saturated heterocycles. The lowest BCUT2D eigenvalue weighted by atomic mass is 10.2. The summed E-state index contributed by atoms with van der Waals surface area (Å²) in [6.45, 7) is 3.81. The van der Waals surface area contributed by atoms with Gasteiger partial charge in [-0.15, -0.1) is 0 Å². The molecule has 0 amide bonds. The summed E-state index contributed by atoms with van der Waals surface area (Å²) in [4.78, 5) is 20.8. The number of aromatic nitrogens is 4. The quantitative estimate of drug-likeness (QED) is 0.768. The second kappa shape index (κ2) is 6.00. The van der Waals surface area contributed by atoms with Gasteiger partial charge in [-0.25, -0.2) is 9.37 Å². The zero-order valence-corrected chi connectivity index (χ0v) is 13.4. The maximum Gasteiger partial charge on any atom is 0.277 e. The van der Waals surface area contributed by atoms with Crippen molar-refractivity contribution in [2.45, 2.75) is 26.8 Å². The third kappa shape index (κ3) is 2.79. The number of hydrogen-bond acceptors (Lipinski definition) is 4. The summed E-state index contributed by atoms with van der Waals surface area (Å²) >= 11 is 5.98. The number of aromatic amines is 1. The summed E-state index contributed by atoms with van der Waals surface area (Å²) in [5.74, 6) is 0.189. The van der Waals surface area contributed by atoms with Crippen LogP contribution >= 0.6 is 11.6 Å². The maximum atomic E-state index is 13.8. The van der Waals surface area contributed by atoms with Crippen molar-refractivity contribution in [2.75, 3.05) is 5.32 Å². The molecule has 1 aromatic carbocycles. The van der Waals surface area contributed by atoms with Gasteiger partial charge in [0.05, 0.1) is 5.69 Å². The Kier molecular flexibility index (Phi) is 4.04. The molecule has 0 atom stereocenters. The van der Waals surface area contributed by atoms with Gasteiger partial charge in [0.15, 0.2) is 0 Å². The van der Waals surface area contributed by atoms with Gasteiger partial charge in [-0.1, -0.05) is 24.6 Å². The molecule has 2 aromatic heterocycles. The van der Waals surface area contributed by atoms with Crippen molar-refractivity contribution < 1.29 is 4.39 Å². The van der Waals surface area contributed by atoms with E-state index in [9.17, 15) is 9.18 Å². The number of benzene rings is 1. The van der Waals surface area contributed by atoms with Crippen LogP contribution < -0.4 is 10.9 Å². The fourth-order valence-corrected chi connectivity index (χ4v) is 2.64. The molecule has 0 aliphatic rings. The minimum atomic E-state index is -0.402. The first-order valence-electron chi connectivity index (χ1n) is 7.16. The Hall–Kier alpha value is -2.41. The zero-order chi connectivity index (χ0) is 16.6. The Bertz CT molecular complexity index is 913. The number of fused-ring (bicyclic) bond motifs is 1. The smallest absolute Gasteiger partial charge is 0.277 e. The molecule has 3 aromatic rings. The average molecular weight is 336 g/mol. The zero-order valence-electron chi connectivity index (χ0n) is 12.7. The fourth-order valence-electron chi connectivity index (χ4n) is 2.41. The number of aryl methyl sites for hydroxylation is 1. The van der Waals surface area contributed by atoms with Gasteiger partial charge in [0, 0.05) is 22.7 Å². The minimum Gasteiger partial charge on any atom is -0.350 e. The number of H-pyrrole nitrogens is 1. The van der Waals surface area contributed by atoms with Crippen LogP contribution in [0.1, 0.15) is 23.7 Å². The molecule has 0 aliphatic carbocycles. The first-order chi connectivity index (χ1) is 11.0. The molecule has 0 radical (unpaired) electrons. The largest absolute Gasteiger partial charge is 0.350 e. The third-order valence-electron chi connectivity index (χ3n) is 3.64. The molecule has 8 heteroatoms. The molecule has 120 valence electrons. The van der Waals surface area contributed by atoms with Gasteiger partial charge in [0.25, 0.3) is 11.3 Å². The van der Waals surface area contributed by atoms with Crippen molar-refractivity contribution >= 4 is 23.3 Å². The summed E-state index contributed by atoms with van der Waals surface area (Å²) in [6.07, 6.45) is 0.590. The first-order valence-corrected chi connectivity index (χ1v) is 7.54. The summed E-state index contributed by atoms with van der Waals surface area (Å²) < 4.78 is 15.0. The van der Waals surface area contributed by atoms with Crippen LogP contribution in [0.4, 0.5) is 10.3 Å². The van der Waals surface area contributed by atoms with Crippen LogP contribution in [-0.4, -0.2) is 19.6 Å². The van der Waals surface area contributed by atoms with E-state index in [1.54, 1.807) is 19.1 Å². The van der Waals surface area contributed by atoms with Crippen LogP contribution in [0, 0.1) is 12.7 Å². The predicted molar refractivity (Wildman–Crippen MR) is 86.5 cm³/mol. The van der Waals surface area contributed by atoms with E-state index in [1.165, 1.54) is 10.6 Å². The number of halogens is 2. The first kappa shape index (κ1) is 15.5. The molecule has 0 bridgehead atoms. The molecule has 0 saturated carbocycles. The molecule has 0 fully saturated rings. The summed E-state index contributed by atoms with van der Waals surface area (Å²) in [6, 6.07) is 4.49. The van der Waals surface area contributed by atoms with E-state index in [4.69, 9.17) is 11.6 Å². The van der Waals surface area contributed by atoms with Crippen LogP contribution in [-0.2, 0) is 13.0 Å². The lowest BCUT2D eigenvalue weighted by Gasteiger charge is -2.06. The Labute approximate surface area is 136 Å². The van der Waals surface area contributed by atoms with E-state index in [1.807, 2.05) is 6.92 Å². The van der Waals surface area contributed by atoms with Gasteiger partial charge in [-0.3, -0.25) is 9.89 Å². The monoisotopic (exact) mass is 335 g/mol. The van der Waals surface area contributed by atoms with Gasteiger partial charge < -0.3 is 5.32 Å². The predicted octanol–water partition coefficient (Wildman–Crippen LogP) is 2.69. The molecular formula is C15H15ClFN5O. The van der Waals surface area contributed by atoms with Crippen LogP contribution in [0.5, 0.6) is 0 Å². The van der Waals surface area contributed by atoms with Gasteiger partial charge >= 0.3 is 0 Å². The number of anilines is 1. The van der Waals surface area contributed by atoms with Crippen LogP contribution in [0.15, 0.2) is 23.0 Å². The lowest BCUT2D eigenvalue weighted by molar-refractivity contribution is 0.613. The van der Waals surface area contributed by atoms with E-state index in [-0.39, 0.29) is 17.9 Å². The van der Waals surface area contributed by atoms with E-state index < -0.39 is 5.82 Å². The maximum absolute atomic E-state index is 13.8. The number of nitrogens with zero attached hydrogens (tertiary/aromatic N) is 3. The molecule has 2 N–H and O–H groups in total. The molecule has 2 heterocycles. The Balaban J connectivity index is 1.93. The Morgan fingerprint density at radius 2 is 2.13 bits per heavy atom. The van der Waals surface area contributed by atoms with Crippen LogP contribution in [0.25, 0.3) is 5.78 Å². The number of rotatable bonds is 4. The summed E-state index contributed by atoms with van der Waals surface area (Å²) in [7, 11) is 0. The van der Waals surface area contributed by atoms with Crippen molar-refractivity contribution in [1.29, 1.82) is 0 Å². The highest BCUT2D eigenvalue weighted by Crippen LogP contribution is 2.19. The second-order valence-electron chi connectivity index (χ2n) is 5.10. The SMILES string of the molecule is CCc1c(C)nc2nc(NCc3c(F)cccc3Cl)[nH]n2c1=O. The molecule has 6 nitrogen and oxygen atoms in total. The van der Waals surface area contributed by atoms with Crippen molar-refractivity contribution in [3.05, 3.63) is 56.2 Å². The van der Waals surface area contributed by atoms with Gasteiger partial charge in [-0.2, -0.15) is 9.50 Å².